The Balaban J connectivity index is 1.71. The van der Waals surface area contributed by atoms with E-state index in [1.807, 2.05) is 0 Å². The van der Waals surface area contributed by atoms with Crippen molar-refractivity contribution in [2.24, 2.45) is 0 Å². The molecule has 1 heterocycles. The average molecular weight is 360 g/mol. The van der Waals surface area contributed by atoms with E-state index in [4.69, 9.17) is 20.8 Å². The van der Waals surface area contributed by atoms with Crippen molar-refractivity contribution in [2.45, 2.75) is 19.6 Å². The van der Waals surface area contributed by atoms with Crippen LogP contribution in [0, 0.1) is 0 Å². The molecule has 1 atom stereocenters. The van der Waals surface area contributed by atoms with Gasteiger partial charge < -0.3 is 9.15 Å². The Hall–Kier alpha value is -2.86. The molecule has 0 aliphatic rings. The molecule has 3 rings (SSSR count). The number of esters is 1. The number of Topliss-reactive ketones (excluding diaryl/α,β-unsaturated/α-hetero) is 1. The Morgan fingerprint density at radius 3 is 2.56 bits per heavy atom. The van der Waals surface area contributed by atoms with E-state index in [2.05, 4.69) is 0 Å². The van der Waals surface area contributed by atoms with Gasteiger partial charge in [0.25, 0.3) is 0 Å². The van der Waals surface area contributed by atoms with Gasteiger partial charge in [-0.2, -0.15) is 0 Å². The van der Waals surface area contributed by atoms with Gasteiger partial charge in [0.1, 0.15) is 6.54 Å². The maximum Gasteiger partial charge on any atom is 0.420 e. The molecule has 0 saturated heterocycles. The third-order valence-electron chi connectivity index (χ3n) is 3.67. The summed E-state index contributed by atoms with van der Waals surface area (Å²) in [6, 6.07) is 13.0. The number of rotatable bonds is 5. The predicted octanol–water partition coefficient (Wildman–Crippen LogP) is 3.06. The molecule has 2 aromatic carbocycles. The number of aromatic nitrogens is 1. The minimum atomic E-state index is -0.984. The molecular formula is C18H14ClNO5. The molecule has 3 aromatic rings. The van der Waals surface area contributed by atoms with Gasteiger partial charge in [0, 0.05) is 10.6 Å². The summed E-state index contributed by atoms with van der Waals surface area (Å²) in [4.78, 5) is 36.2. The highest BCUT2D eigenvalue weighted by Crippen LogP contribution is 2.14. The van der Waals surface area contributed by atoms with Crippen molar-refractivity contribution in [3.05, 3.63) is 69.7 Å². The lowest BCUT2D eigenvalue weighted by atomic mass is 10.1. The van der Waals surface area contributed by atoms with Crippen LogP contribution in [0.5, 0.6) is 0 Å². The number of oxazole rings is 1. The van der Waals surface area contributed by atoms with Crippen molar-refractivity contribution in [3.8, 4) is 0 Å². The van der Waals surface area contributed by atoms with Gasteiger partial charge >= 0.3 is 11.7 Å². The smallest absolute Gasteiger partial charge is 0.420 e. The van der Waals surface area contributed by atoms with Crippen LogP contribution in [-0.4, -0.2) is 22.4 Å². The highest BCUT2D eigenvalue weighted by Gasteiger charge is 2.21. The number of carbonyl (C=O) groups is 2. The molecule has 6 nitrogen and oxygen atoms in total. The quantitative estimate of drug-likeness (QED) is 0.516. The van der Waals surface area contributed by atoms with E-state index >= 15 is 0 Å². The average Bonchev–Trinajstić information content (AvgIpc) is 2.90. The van der Waals surface area contributed by atoms with Gasteiger partial charge in [-0.3, -0.25) is 14.2 Å². The monoisotopic (exact) mass is 359 g/mol. The summed E-state index contributed by atoms with van der Waals surface area (Å²) in [7, 11) is 0. The van der Waals surface area contributed by atoms with Crippen molar-refractivity contribution < 1.29 is 18.7 Å². The number of ketones is 1. The van der Waals surface area contributed by atoms with Crippen molar-refractivity contribution in [1.82, 2.24) is 4.57 Å². The van der Waals surface area contributed by atoms with Gasteiger partial charge in [-0.1, -0.05) is 23.7 Å². The minimum absolute atomic E-state index is 0.339. The van der Waals surface area contributed by atoms with E-state index in [1.165, 1.54) is 6.92 Å². The van der Waals surface area contributed by atoms with Gasteiger partial charge in [-0.25, -0.2) is 4.79 Å². The zero-order chi connectivity index (χ0) is 18.0. The van der Waals surface area contributed by atoms with E-state index in [0.29, 0.717) is 21.7 Å². The Morgan fingerprint density at radius 2 is 1.84 bits per heavy atom. The first kappa shape index (κ1) is 17.0. The van der Waals surface area contributed by atoms with Crippen LogP contribution in [-0.2, 0) is 16.1 Å². The lowest BCUT2D eigenvalue weighted by Crippen LogP contribution is -2.28. The Morgan fingerprint density at radius 1 is 1.16 bits per heavy atom. The van der Waals surface area contributed by atoms with Gasteiger partial charge in [-0.15, -0.1) is 0 Å². The second kappa shape index (κ2) is 6.94. The first-order valence-corrected chi connectivity index (χ1v) is 7.91. The zero-order valence-corrected chi connectivity index (χ0v) is 14.0. The number of benzene rings is 2. The summed E-state index contributed by atoms with van der Waals surface area (Å²) < 4.78 is 11.4. The molecule has 0 unspecified atom stereocenters. The molecule has 1 aromatic heterocycles. The molecule has 0 saturated carbocycles. The Labute approximate surface area is 147 Å². The van der Waals surface area contributed by atoms with Gasteiger partial charge in [0.05, 0.1) is 5.52 Å². The highest BCUT2D eigenvalue weighted by molar-refractivity contribution is 6.30. The third kappa shape index (κ3) is 3.64. The lowest BCUT2D eigenvalue weighted by molar-refractivity contribution is -0.147. The second-order valence-corrected chi connectivity index (χ2v) is 5.86. The van der Waals surface area contributed by atoms with E-state index in [9.17, 15) is 14.4 Å². The summed E-state index contributed by atoms with van der Waals surface area (Å²) in [5.74, 6) is -1.72. The lowest BCUT2D eigenvalue weighted by Gasteiger charge is -2.12. The largest absolute Gasteiger partial charge is 0.453 e. The van der Waals surface area contributed by atoms with Crippen LogP contribution in [0.3, 0.4) is 0 Å². The van der Waals surface area contributed by atoms with E-state index in [-0.39, 0.29) is 12.3 Å². The summed E-state index contributed by atoms with van der Waals surface area (Å²) in [6.07, 6.45) is -0.984. The molecule has 25 heavy (non-hydrogen) atoms. The molecule has 0 amide bonds. The second-order valence-electron chi connectivity index (χ2n) is 5.43. The van der Waals surface area contributed by atoms with Crippen LogP contribution >= 0.6 is 11.6 Å². The van der Waals surface area contributed by atoms with Gasteiger partial charge in [-0.05, 0) is 43.3 Å². The normalized spacial score (nSPS) is 12.1. The molecule has 7 heteroatoms. The number of hydrogen-bond acceptors (Lipinski definition) is 5. The first-order chi connectivity index (χ1) is 12.0. The summed E-state index contributed by atoms with van der Waals surface area (Å²) >= 11 is 5.78. The topological polar surface area (TPSA) is 78.5 Å². The molecule has 0 aliphatic carbocycles. The number of para-hydroxylation sites is 2. The van der Waals surface area contributed by atoms with E-state index in [0.717, 1.165) is 4.57 Å². The number of fused-ring (bicyclic) bond motifs is 1. The van der Waals surface area contributed by atoms with Crippen molar-refractivity contribution in [3.63, 3.8) is 0 Å². The standard InChI is InChI=1S/C18H14ClNO5/c1-11(17(22)12-6-8-13(19)9-7-12)24-16(21)10-20-14-4-2-3-5-15(14)25-18(20)23/h2-9,11H,10H2,1H3/t11-/m1/s1. The molecular weight excluding hydrogens is 346 g/mol. The minimum Gasteiger partial charge on any atom is -0.453 e. The molecule has 0 fully saturated rings. The Kier molecular flexibility index (Phi) is 4.72. The number of halogens is 1. The molecule has 0 radical (unpaired) electrons. The number of hydrogen-bond donors (Lipinski definition) is 0. The SMILES string of the molecule is C[C@@H](OC(=O)Cn1c(=O)oc2ccccc21)C(=O)c1ccc(Cl)cc1. The van der Waals surface area contributed by atoms with Crippen molar-refractivity contribution in [2.75, 3.05) is 0 Å². The van der Waals surface area contributed by atoms with Crippen LogP contribution < -0.4 is 5.76 Å². The number of carbonyl (C=O) groups excluding carboxylic acids is 2. The van der Waals surface area contributed by atoms with E-state index < -0.39 is 17.8 Å². The fourth-order valence-electron chi connectivity index (χ4n) is 2.43. The molecule has 0 bridgehead atoms. The highest BCUT2D eigenvalue weighted by atomic mass is 35.5. The first-order valence-electron chi connectivity index (χ1n) is 7.53. The van der Waals surface area contributed by atoms with Crippen molar-refractivity contribution >= 4 is 34.5 Å². The van der Waals surface area contributed by atoms with Crippen LogP contribution in [0.2, 0.25) is 5.02 Å². The Bertz CT molecular complexity index is 987. The molecule has 128 valence electrons. The fraction of sp³-hybridized carbons (Fsp3) is 0.167. The van der Waals surface area contributed by atoms with Gasteiger partial charge in [0.15, 0.2) is 11.7 Å². The third-order valence-corrected chi connectivity index (χ3v) is 3.92. The predicted molar refractivity (Wildman–Crippen MR) is 91.8 cm³/mol. The maximum atomic E-state index is 12.3. The molecule has 0 spiro atoms. The van der Waals surface area contributed by atoms with Crippen LogP contribution in [0.4, 0.5) is 0 Å². The molecule has 0 N–H and O–H groups in total. The summed E-state index contributed by atoms with van der Waals surface area (Å²) in [5, 5.41) is 0.507. The number of ether oxygens (including phenoxy) is 1. The fourth-order valence-corrected chi connectivity index (χ4v) is 2.56. The van der Waals surface area contributed by atoms with Crippen LogP contribution in [0.1, 0.15) is 17.3 Å². The zero-order valence-electron chi connectivity index (χ0n) is 13.3. The molecule has 0 aliphatic heterocycles. The van der Waals surface area contributed by atoms with Gasteiger partial charge in [0.2, 0.25) is 5.78 Å². The maximum absolute atomic E-state index is 12.3. The number of nitrogens with zero attached hydrogens (tertiary/aromatic N) is 1. The van der Waals surface area contributed by atoms with Crippen LogP contribution in [0.25, 0.3) is 11.1 Å². The van der Waals surface area contributed by atoms with Crippen LogP contribution in [0.15, 0.2) is 57.7 Å². The summed E-state index contributed by atoms with van der Waals surface area (Å²) in [6.45, 7) is 1.14. The van der Waals surface area contributed by atoms with Crippen molar-refractivity contribution in [1.29, 1.82) is 0 Å². The summed E-state index contributed by atoms with van der Waals surface area (Å²) in [5.41, 5.74) is 1.25. The van der Waals surface area contributed by atoms with E-state index in [1.54, 1.807) is 48.5 Å².